The molecule has 0 amide bonds. The van der Waals surface area contributed by atoms with Gasteiger partial charge in [-0.3, -0.25) is 0 Å². The lowest BCUT2D eigenvalue weighted by molar-refractivity contribution is -0.161. The Labute approximate surface area is 107 Å². The van der Waals surface area contributed by atoms with Gasteiger partial charge in [0.15, 0.2) is 0 Å². The minimum absolute atomic E-state index is 0. The van der Waals surface area contributed by atoms with Crippen LogP contribution in [0.1, 0.15) is 32.6 Å². The van der Waals surface area contributed by atoms with E-state index in [-0.39, 0.29) is 18.5 Å². The van der Waals surface area contributed by atoms with Crippen LogP contribution in [0.3, 0.4) is 0 Å². The van der Waals surface area contributed by atoms with Gasteiger partial charge in [0.05, 0.1) is 7.11 Å². The molecule has 0 aromatic rings. The average molecular weight is 266 g/mol. The topological polar surface area (TPSA) is 78.6 Å². The molecular weight excluding hydrogens is 246 g/mol. The molecule has 1 fully saturated rings. The third kappa shape index (κ3) is 4.52. The number of ether oxygens (including phenoxy) is 2. The van der Waals surface area contributed by atoms with E-state index in [2.05, 4.69) is 4.74 Å². The molecule has 0 spiro atoms. The molecular formula is C11H20ClNO4. The number of carbonyl (C=O) groups excluding carboxylic acids is 2. The quantitative estimate of drug-likeness (QED) is 0.609. The number of rotatable bonds is 3. The normalized spacial score (nSPS) is 25.4. The van der Waals surface area contributed by atoms with Crippen LogP contribution in [0.5, 0.6) is 0 Å². The van der Waals surface area contributed by atoms with Crippen molar-refractivity contribution in [1.29, 1.82) is 0 Å². The summed E-state index contributed by atoms with van der Waals surface area (Å²) in [6.45, 7) is 2.04. The highest BCUT2D eigenvalue weighted by molar-refractivity contribution is 5.98. The zero-order chi connectivity index (χ0) is 12.1. The molecule has 17 heavy (non-hydrogen) atoms. The van der Waals surface area contributed by atoms with Crippen LogP contribution in [0.2, 0.25) is 0 Å². The van der Waals surface area contributed by atoms with Crippen molar-refractivity contribution in [3.8, 4) is 0 Å². The summed E-state index contributed by atoms with van der Waals surface area (Å²) in [5.74, 6) is -1.11. The SMILES string of the molecule is COC(=O)C(N)C(=O)O[C@@H]1CCCC[C@@H]1C.Cl. The number of methoxy groups -OCH3 is 1. The fourth-order valence-corrected chi connectivity index (χ4v) is 1.90. The minimum atomic E-state index is -1.32. The highest BCUT2D eigenvalue weighted by Crippen LogP contribution is 2.26. The van der Waals surface area contributed by atoms with E-state index in [4.69, 9.17) is 10.5 Å². The van der Waals surface area contributed by atoms with Crippen LogP contribution in [-0.2, 0) is 19.1 Å². The Bertz CT molecular complexity index is 272. The molecule has 100 valence electrons. The first kappa shape index (κ1) is 16.2. The summed E-state index contributed by atoms with van der Waals surface area (Å²) in [5.41, 5.74) is 5.38. The maximum atomic E-state index is 11.5. The number of hydrogen-bond acceptors (Lipinski definition) is 5. The first-order chi connectivity index (χ1) is 7.56. The van der Waals surface area contributed by atoms with Crippen LogP contribution < -0.4 is 5.73 Å². The van der Waals surface area contributed by atoms with E-state index in [0.29, 0.717) is 5.92 Å². The smallest absolute Gasteiger partial charge is 0.334 e. The molecule has 6 heteroatoms. The van der Waals surface area contributed by atoms with Gasteiger partial charge in [-0.15, -0.1) is 12.4 Å². The molecule has 1 aliphatic carbocycles. The first-order valence-corrected chi connectivity index (χ1v) is 5.60. The summed E-state index contributed by atoms with van der Waals surface area (Å²) < 4.78 is 9.61. The van der Waals surface area contributed by atoms with Crippen molar-refractivity contribution in [2.24, 2.45) is 11.7 Å². The van der Waals surface area contributed by atoms with Gasteiger partial charge >= 0.3 is 11.9 Å². The Morgan fingerprint density at radius 3 is 2.35 bits per heavy atom. The summed E-state index contributed by atoms with van der Waals surface area (Å²) in [5, 5.41) is 0. The van der Waals surface area contributed by atoms with Crippen LogP contribution in [0.15, 0.2) is 0 Å². The predicted octanol–water partition coefficient (Wildman–Crippen LogP) is 1.03. The summed E-state index contributed by atoms with van der Waals surface area (Å²) >= 11 is 0. The number of esters is 2. The van der Waals surface area contributed by atoms with Gasteiger partial charge in [0, 0.05) is 0 Å². The maximum absolute atomic E-state index is 11.5. The van der Waals surface area contributed by atoms with E-state index in [1.165, 1.54) is 7.11 Å². The largest absolute Gasteiger partial charge is 0.467 e. The number of carbonyl (C=O) groups is 2. The Hall–Kier alpha value is -0.810. The molecule has 0 aromatic heterocycles. The second kappa shape index (κ2) is 7.50. The molecule has 0 radical (unpaired) electrons. The molecule has 0 aromatic carbocycles. The lowest BCUT2D eigenvalue weighted by atomic mass is 9.88. The first-order valence-electron chi connectivity index (χ1n) is 5.60. The highest BCUT2D eigenvalue weighted by atomic mass is 35.5. The Morgan fingerprint density at radius 1 is 1.24 bits per heavy atom. The Morgan fingerprint density at radius 2 is 1.82 bits per heavy atom. The van der Waals surface area contributed by atoms with E-state index in [0.717, 1.165) is 25.7 Å². The molecule has 3 atom stereocenters. The summed E-state index contributed by atoms with van der Waals surface area (Å²) in [4.78, 5) is 22.5. The van der Waals surface area contributed by atoms with Crippen LogP contribution in [0, 0.1) is 5.92 Å². The molecule has 5 nitrogen and oxygen atoms in total. The average Bonchev–Trinajstić information content (AvgIpc) is 2.30. The van der Waals surface area contributed by atoms with Crippen LogP contribution in [0.25, 0.3) is 0 Å². The third-order valence-corrected chi connectivity index (χ3v) is 3.01. The third-order valence-electron chi connectivity index (χ3n) is 3.01. The Balaban J connectivity index is 0.00000256. The Kier molecular flexibility index (Phi) is 7.15. The summed E-state index contributed by atoms with van der Waals surface area (Å²) in [6.07, 6.45) is 4.00. The summed E-state index contributed by atoms with van der Waals surface area (Å²) in [7, 11) is 1.19. The molecule has 0 heterocycles. The van der Waals surface area contributed by atoms with Crippen molar-refractivity contribution >= 4 is 24.3 Å². The molecule has 0 saturated heterocycles. The van der Waals surface area contributed by atoms with Gasteiger partial charge in [-0.25, -0.2) is 9.59 Å². The molecule has 1 rings (SSSR count). The van der Waals surface area contributed by atoms with E-state index >= 15 is 0 Å². The second-order valence-electron chi connectivity index (χ2n) is 4.24. The predicted molar refractivity (Wildman–Crippen MR) is 64.8 cm³/mol. The van der Waals surface area contributed by atoms with Gasteiger partial charge in [-0.05, 0) is 25.2 Å². The fourth-order valence-electron chi connectivity index (χ4n) is 1.90. The van der Waals surface area contributed by atoms with Crippen LogP contribution in [0.4, 0.5) is 0 Å². The molecule has 1 aliphatic rings. The lowest BCUT2D eigenvalue weighted by Crippen LogP contribution is -2.43. The molecule has 1 unspecified atom stereocenters. The van der Waals surface area contributed by atoms with Gasteiger partial charge in [0.2, 0.25) is 6.04 Å². The minimum Gasteiger partial charge on any atom is -0.467 e. The van der Waals surface area contributed by atoms with Crippen molar-refractivity contribution in [3.63, 3.8) is 0 Å². The van der Waals surface area contributed by atoms with Gasteiger partial charge in [-0.1, -0.05) is 13.3 Å². The highest BCUT2D eigenvalue weighted by Gasteiger charge is 2.30. The van der Waals surface area contributed by atoms with E-state index in [9.17, 15) is 9.59 Å². The lowest BCUT2D eigenvalue weighted by Gasteiger charge is -2.28. The van der Waals surface area contributed by atoms with Gasteiger partial charge in [-0.2, -0.15) is 0 Å². The second-order valence-corrected chi connectivity index (χ2v) is 4.24. The molecule has 2 N–H and O–H groups in total. The monoisotopic (exact) mass is 265 g/mol. The van der Waals surface area contributed by atoms with Crippen LogP contribution >= 0.6 is 12.4 Å². The van der Waals surface area contributed by atoms with Crippen molar-refractivity contribution in [2.45, 2.75) is 44.8 Å². The van der Waals surface area contributed by atoms with Crippen LogP contribution in [-0.4, -0.2) is 31.2 Å². The van der Waals surface area contributed by atoms with E-state index < -0.39 is 18.0 Å². The van der Waals surface area contributed by atoms with E-state index in [1.54, 1.807) is 0 Å². The number of nitrogens with two attached hydrogens (primary N) is 1. The van der Waals surface area contributed by atoms with Crippen molar-refractivity contribution < 1.29 is 19.1 Å². The van der Waals surface area contributed by atoms with Crippen molar-refractivity contribution in [3.05, 3.63) is 0 Å². The molecule has 0 aliphatic heterocycles. The standard InChI is InChI=1S/C11H19NO4.ClH/c1-7-5-3-4-6-8(7)16-11(14)9(12)10(13)15-2;/h7-9H,3-6,12H2,1-2H3;1H/t7-,8+,9?;/m0./s1. The number of hydrogen-bond donors (Lipinski definition) is 1. The maximum Gasteiger partial charge on any atom is 0.334 e. The van der Waals surface area contributed by atoms with Gasteiger partial charge < -0.3 is 15.2 Å². The summed E-state index contributed by atoms with van der Waals surface area (Å²) in [6, 6.07) is -1.32. The molecule has 0 bridgehead atoms. The zero-order valence-electron chi connectivity index (χ0n) is 10.2. The van der Waals surface area contributed by atoms with E-state index in [1.807, 2.05) is 6.92 Å². The van der Waals surface area contributed by atoms with Crippen molar-refractivity contribution in [2.75, 3.05) is 7.11 Å². The van der Waals surface area contributed by atoms with Gasteiger partial charge in [0.1, 0.15) is 6.10 Å². The van der Waals surface area contributed by atoms with Gasteiger partial charge in [0.25, 0.3) is 0 Å². The fraction of sp³-hybridized carbons (Fsp3) is 0.818. The zero-order valence-corrected chi connectivity index (χ0v) is 11.0. The number of halogens is 1. The van der Waals surface area contributed by atoms with Crippen molar-refractivity contribution in [1.82, 2.24) is 0 Å². The molecule has 1 saturated carbocycles.